The van der Waals surface area contributed by atoms with Gasteiger partial charge in [0.05, 0.1) is 0 Å². The van der Waals surface area contributed by atoms with Gasteiger partial charge in [-0.05, 0) is 13.8 Å². The molecule has 0 bridgehead atoms. The lowest BCUT2D eigenvalue weighted by Gasteiger charge is -1.86. The highest BCUT2D eigenvalue weighted by Crippen LogP contribution is 1.64. The van der Waals surface area contributed by atoms with Gasteiger partial charge in [0.25, 0.3) is 0 Å². The summed E-state index contributed by atoms with van der Waals surface area (Å²) in [5, 5.41) is 0. The van der Waals surface area contributed by atoms with E-state index in [4.69, 9.17) is 4.74 Å². The molecule has 40 valence electrons. The maximum Gasteiger partial charge on any atom is 0.0437 e. The van der Waals surface area contributed by atoms with E-state index in [1.54, 1.807) is 0 Å². The highest BCUT2D eigenvalue weighted by molar-refractivity contribution is 6.92. The summed E-state index contributed by atoms with van der Waals surface area (Å²) in [5.74, 6) is 0. The highest BCUT2D eigenvalue weighted by Gasteiger charge is 1.64. The predicted molar refractivity (Wildman–Crippen MR) is 33.3 cm³/mol. The van der Waals surface area contributed by atoms with E-state index < -0.39 is 0 Å². The maximum atomic E-state index is 4.83. The van der Waals surface area contributed by atoms with Crippen LogP contribution in [0, 0.1) is 0 Å². The monoisotopic (exact) mass is 108 g/mol. The summed E-state index contributed by atoms with van der Waals surface area (Å²) in [6, 6.07) is 0. The maximum absolute atomic E-state index is 4.83. The molecular formula is C4H13OP. The lowest BCUT2D eigenvalue weighted by molar-refractivity contribution is 0.162. The molecule has 6 heavy (non-hydrogen) atoms. The van der Waals surface area contributed by atoms with E-state index in [0.29, 0.717) is 0 Å². The molecular weight excluding hydrogens is 95.0 g/mol. The number of hydrogen-bond donors (Lipinski definition) is 0. The van der Waals surface area contributed by atoms with Gasteiger partial charge in [0.15, 0.2) is 0 Å². The van der Waals surface area contributed by atoms with Crippen LogP contribution in [0.4, 0.5) is 0 Å². The Balaban J connectivity index is 0. The van der Waals surface area contributed by atoms with Crippen LogP contribution in [-0.2, 0) is 4.74 Å². The second-order valence-electron chi connectivity index (χ2n) is 0.781. The van der Waals surface area contributed by atoms with Crippen molar-refractivity contribution in [3.8, 4) is 0 Å². The highest BCUT2D eigenvalue weighted by atomic mass is 31.0. The average Bonchev–Trinajstić information content (AvgIpc) is 1.41. The fourth-order valence-electron chi connectivity index (χ4n) is 0.204. The number of hydrogen-bond acceptors (Lipinski definition) is 1. The van der Waals surface area contributed by atoms with E-state index in [1.807, 2.05) is 13.8 Å². The van der Waals surface area contributed by atoms with Gasteiger partial charge in [0.1, 0.15) is 0 Å². The van der Waals surface area contributed by atoms with Crippen LogP contribution in [-0.4, -0.2) is 13.2 Å². The van der Waals surface area contributed by atoms with Crippen molar-refractivity contribution >= 4 is 9.90 Å². The van der Waals surface area contributed by atoms with Gasteiger partial charge in [0.2, 0.25) is 0 Å². The Labute approximate surface area is 42.7 Å². The molecule has 0 radical (unpaired) electrons. The van der Waals surface area contributed by atoms with E-state index in [2.05, 4.69) is 0 Å². The summed E-state index contributed by atoms with van der Waals surface area (Å²) in [4.78, 5) is 0. The quantitative estimate of drug-likeness (QED) is 0.481. The average molecular weight is 108 g/mol. The molecule has 1 unspecified atom stereocenters. The second-order valence-corrected chi connectivity index (χ2v) is 0.781. The van der Waals surface area contributed by atoms with Gasteiger partial charge < -0.3 is 4.74 Å². The second kappa shape index (κ2) is 9.04. The Morgan fingerprint density at radius 2 is 1.50 bits per heavy atom. The van der Waals surface area contributed by atoms with Crippen LogP contribution in [0.15, 0.2) is 0 Å². The molecule has 0 aliphatic rings. The van der Waals surface area contributed by atoms with Gasteiger partial charge in [0, 0.05) is 13.2 Å². The molecule has 1 atom stereocenters. The largest absolute Gasteiger partial charge is 0.382 e. The molecule has 0 N–H and O–H groups in total. The first-order chi connectivity index (χ1) is 2.41. The van der Waals surface area contributed by atoms with Crippen LogP contribution in [0.2, 0.25) is 0 Å². The van der Waals surface area contributed by atoms with E-state index in [1.165, 1.54) is 0 Å². The van der Waals surface area contributed by atoms with E-state index in [9.17, 15) is 0 Å². The first-order valence-electron chi connectivity index (χ1n) is 1.99. The van der Waals surface area contributed by atoms with E-state index in [-0.39, 0.29) is 9.90 Å². The third-order valence-electron chi connectivity index (χ3n) is 0.408. The first kappa shape index (κ1) is 9.63. The van der Waals surface area contributed by atoms with Gasteiger partial charge in [-0.25, -0.2) is 0 Å². The van der Waals surface area contributed by atoms with Crippen molar-refractivity contribution in [2.75, 3.05) is 13.2 Å². The van der Waals surface area contributed by atoms with Crippen molar-refractivity contribution in [3.63, 3.8) is 0 Å². The van der Waals surface area contributed by atoms with E-state index >= 15 is 0 Å². The SMILES string of the molecule is CCOCC.P. The van der Waals surface area contributed by atoms with Gasteiger partial charge in [-0.15, -0.1) is 0 Å². The lowest BCUT2D eigenvalue weighted by atomic mass is 10.8. The fraction of sp³-hybridized carbons (Fsp3) is 1.00. The summed E-state index contributed by atoms with van der Waals surface area (Å²) >= 11 is 0. The standard InChI is InChI=1S/C4H10O.H3P/c1-3-5-4-2;/h3-4H2,1-2H3;1H3. The molecule has 0 fully saturated rings. The van der Waals surface area contributed by atoms with Crippen molar-refractivity contribution in [2.24, 2.45) is 0 Å². The molecule has 0 heterocycles. The third-order valence-corrected chi connectivity index (χ3v) is 0.408. The van der Waals surface area contributed by atoms with Crippen LogP contribution in [0.5, 0.6) is 0 Å². The molecule has 1 nitrogen and oxygen atoms in total. The van der Waals surface area contributed by atoms with Gasteiger partial charge in [-0.1, -0.05) is 0 Å². The minimum Gasteiger partial charge on any atom is -0.382 e. The summed E-state index contributed by atoms with van der Waals surface area (Å²) in [7, 11) is 0. The molecule has 0 aromatic heterocycles. The zero-order chi connectivity index (χ0) is 4.12. The number of rotatable bonds is 2. The Kier molecular flexibility index (Phi) is 14.5. The molecule has 0 aromatic rings. The van der Waals surface area contributed by atoms with E-state index in [0.717, 1.165) is 13.2 Å². The van der Waals surface area contributed by atoms with Gasteiger partial charge in [-0.2, -0.15) is 9.90 Å². The predicted octanol–water partition coefficient (Wildman–Crippen LogP) is 1.10. The molecule has 0 aliphatic heterocycles. The summed E-state index contributed by atoms with van der Waals surface area (Å²) in [6.45, 7) is 5.67. The van der Waals surface area contributed by atoms with Crippen molar-refractivity contribution < 1.29 is 4.74 Å². The Bertz CT molecular complexity index is 15.0. The number of ether oxygens (including phenoxy) is 1. The molecule has 0 rings (SSSR count). The van der Waals surface area contributed by atoms with Crippen LogP contribution in [0.3, 0.4) is 0 Å². The smallest absolute Gasteiger partial charge is 0.0437 e. The lowest BCUT2D eigenvalue weighted by Crippen LogP contribution is -1.84. The zero-order valence-electron chi connectivity index (χ0n) is 4.53. The summed E-state index contributed by atoms with van der Waals surface area (Å²) in [5.41, 5.74) is 0. The molecule has 0 aromatic carbocycles. The topological polar surface area (TPSA) is 9.23 Å². The van der Waals surface area contributed by atoms with Crippen molar-refractivity contribution in [2.45, 2.75) is 13.8 Å². The Morgan fingerprint density at radius 1 is 1.17 bits per heavy atom. The van der Waals surface area contributed by atoms with Gasteiger partial charge >= 0.3 is 0 Å². The molecule has 0 saturated heterocycles. The molecule has 2 heteroatoms. The van der Waals surface area contributed by atoms with Crippen LogP contribution in [0.25, 0.3) is 0 Å². The molecule has 0 spiro atoms. The molecule has 0 amide bonds. The summed E-state index contributed by atoms with van der Waals surface area (Å²) < 4.78 is 4.83. The van der Waals surface area contributed by atoms with Crippen molar-refractivity contribution in [1.29, 1.82) is 0 Å². The normalized spacial score (nSPS) is 7.00. The minimum absolute atomic E-state index is 0. The minimum atomic E-state index is 0. The van der Waals surface area contributed by atoms with Crippen LogP contribution < -0.4 is 0 Å². The third kappa shape index (κ3) is 8.83. The Morgan fingerprint density at radius 3 is 1.50 bits per heavy atom. The molecule has 0 aliphatic carbocycles. The zero-order valence-corrected chi connectivity index (χ0v) is 5.94. The van der Waals surface area contributed by atoms with Crippen LogP contribution in [0.1, 0.15) is 13.8 Å². The van der Waals surface area contributed by atoms with Gasteiger partial charge in [-0.3, -0.25) is 0 Å². The van der Waals surface area contributed by atoms with Crippen LogP contribution >= 0.6 is 9.90 Å². The first-order valence-corrected chi connectivity index (χ1v) is 1.99. The fourth-order valence-corrected chi connectivity index (χ4v) is 0.204. The van der Waals surface area contributed by atoms with Crippen molar-refractivity contribution in [1.82, 2.24) is 0 Å². The van der Waals surface area contributed by atoms with Crippen molar-refractivity contribution in [3.05, 3.63) is 0 Å². The molecule has 0 saturated carbocycles. The Hall–Kier alpha value is 0.390. The summed E-state index contributed by atoms with van der Waals surface area (Å²) in [6.07, 6.45) is 0.